The molecule has 0 saturated heterocycles. The Morgan fingerprint density at radius 3 is 2.20 bits per heavy atom. The Hall–Kier alpha value is -3.24. The lowest BCUT2D eigenvalue weighted by atomic mass is 10.1. The van der Waals surface area contributed by atoms with Crippen LogP contribution in [0.15, 0.2) is 77.6 Å². The molecule has 1 heterocycles. The number of hydrogen-bond acceptors (Lipinski definition) is 2. The summed E-state index contributed by atoms with van der Waals surface area (Å²) in [6, 6.07) is 22.5. The summed E-state index contributed by atoms with van der Waals surface area (Å²) in [4.78, 5) is 18.5. The second-order valence-corrected chi connectivity index (χ2v) is 7.92. The van der Waals surface area contributed by atoms with Gasteiger partial charge in [-0.1, -0.05) is 48.5 Å². The zero-order chi connectivity index (χ0) is 21.1. The van der Waals surface area contributed by atoms with E-state index >= 15 is 0 Å². The van der Waals surface area contributed by atoms with Crippen LogP contribution in [0.3, 0.4) is 0 Å². The standard InChI is InChI=1S/C26H25FN2O/c1-18-12-19(2)26-24(13-18)25(30)14-23(28-26)17-29(15-20-6-4-3-5-7-20)16-21-8-10-22(27)11-9-21/h3-14H,15-17H2,1-2H3,(H,28,30). The van der Waals surface area contributed by atoms with E-state index in [0.717, 1.165) is 39.8 Å². The van der Waals surface area contributed by atoms with Gasteiger partial charge in [0.1, 0.15) is 5.82 Å². The zero-order valence-corrected chi connectivity index (χ0v) is 17.3. The molecule has 152 valence electrons. The first-order chi connectivity index (χ1) is 14.5. The Morgan fingerprint density at radius 2 is 1.50 bits per heavy atom. The van der Waals surface area contributed by atoms with Crippen LogP contribution in [0.4, 0.5) is 4.39 Å². The highest BCUT2D eigenvalue weighted by Gasteiger charge is 2.12. The molecule has 0 spiro atoms. The molecular weight excluding hydrogens is 375 g/mol. The van der Waals surface area contributed by atoms with E-state index in [0.29, 0.717) is 13.1 Å². The Morgan fingerprint density at radius 1 is 0.833 bits per heavy atom. The Balaban J connectivity index is 1.66. The minimum absolute atomic E-state index is 0.0343. The van der Waals surface area contributed by atoms with Crippen molar-refractivity contribution in [3.63, 3.8) is 0 Å². The number of nitrogens with one attached hydrogen (secondary N) is 1. The van der Waals surface area contributed by atoms with Crippen LogP contribution in [-0.4, -0.2) is 9.88 Å². The van der Waals surface area contributed by atoms with Crippen molar-refractivity contribution in [1.82, 2.24) is 9.88 Å². The van der Waals surface area contributed by atoms with E-state index in [-0.39, 0.29) is 11.2 Å². The van der Waals surface area contributed by atoms with Gasteiger partial charge in [0, 0.05) is 36.8 Å². The fourth-order valence-corrected chi connectivity index (χ4v) is 3.94. The largest absolute Gasteiger partial charge is 0.357 e. The van der Waals surface area contributed by atoms with Crippen molar-refractivity contribution >= 4 is 10.9 Å². The number of aromatic amines is 1. The lowest BCUT2D eigenvalue weighted by Crippen LogP contribution is -2.24. The highest BCUT2D eigenvalue weighted by atomic mass is 19.1. The first-order valence-electron chi connectivity index (χ1n) is 10.1. The summed E-state index contributed by atoms with van der Waals surface area (Å²) < 4.78 is 13.3. The number of aromatic nitrogens is 1. The van der Waals surface area contributed by atoms with Gasteiger partial charge in [0.15, 0.2) is 5.43 Å². The van der Waals surface area contributed by atoms with E-state index < -0.39 is 0 Å². The predicted octanol–water partition coefficient (Wildman–Crippen LogP) is 5.49. The van der Waals surface area contributed by atoms with Gasteiger partial charge in [-0.15, -0.1) is 0 Å². The van der Waals surface area contributed by atoms with Gasteiger partial charge in [-0.25, -0.2) is 4.39 Å². The topological polar surface area (TPSA) is 36.1 Å². The predicted molar refractivity (Wildman–Crippen MR) is 120 cm³/mol. The summed E-state index contributed by atoms with van der Waals surface area (Å²) in [5, 5.41) is 0.726. The molecule has 0 unspecified atom stereocenters. The lowest BCUT2D eigenvalue weighted by Gasteiger charge is -2.23. The normalized spacial score (nSPS) is 11.3. The molecule has 4 heteroatoms. The average Bonchev–Trinajstić information content (AvgIpc) is 2.71. The van der Waals surface area contributed by atoms with Gasteiger partial charge >= 0.3 is 0 Å². The zero-order valence-electron chi connectivity index (χ0n) is 17.3. The molecular formula is C26H25FN2O. The van der Waals surface area contributed by atoms with Gasteiger partial charge in [-0.3, -0.25) is 9.69 Å². The number of fused-ring (bicyclic) bond motifs is 1. The molecule has 0 fully saturated rings. The number of pyridine rings is 1. The number of hydrogen-bond donors (Lipinski definition) is 1. The van der Waals surface area contributed by atoms with Crippen molar-refractivity contribution in [2.24, 2.45) is 0 Å². The molecule has 0 atom stereocenters. The van der Waals surface area contributed by atoms with Gasteiger partial charge in [-0.2, -0.15) is 0 Å². The Labute approximate surface area is 175 Å². The highest BCUT2D eigenvalue weighted by molar-refractivity contribution is 5.82. The van der Waals surface area contributed by atoms with Crippen LogP contribution in [-0.2, 0) is 19.6 Å². The van der Waals surface area contributed by atoms with Crippen molar-refractivity contribution in [2.75, 3.05) is 0 Å². The van der Waals surface area contributed by atoms with Crippen LogP contribution in [0.2, 0.25) is 0 Å². The van der Waals surface area contributed by atoms with E-state index in [1.807, 2.05) is 50.2 Å². The minimum Gasteiger partial charge on any atom is -0.357 e. The van der Waals surface area contributed by atoms with E-state index in [1.165, 1.54) is 17.7 Å². The summed E-state index contributed by atoms with van der Waals surface area (Å²) in [5.74, 6) is -0.238. The Bertz CT molecular complexity index is 1210. The van der Waals surface area contributed by atoms with Crippen LogP contribution in [0.1, 0.15) is 27.9 Å². The third-order valence-electron chi connectivity index (χ3n) is 5.30. The summed E-state index contributed by atoms with van der Waals surface area (Å²) in [7, 11) is 0. The number of aryl methyl sites for hydroxylation is 2. The first-order valence-corrected chi connectivity index (χ1v) is 10.1. The molecule has 1 aromatic heterocycles. The molecule has 3 nitrogen and oxygen atoms in total. The van der Waals surface area contributed by atoms with Crippen LogP contribution >= 0.6 is 0 Å². The van der Waals surface area contributed by atoms with Gasteiger partial charge < -0.3 is 4.98 Å². The molecule has 0 aliphatic carbocycles. The van der Waals surface area contributed by atoms with Crippen LogP contribution in [0, 0.1) is 19.7 Å². The van der Waals surface area contributed by atoms with Gasteiger partial charge in [0.25, 0.3) is 0 Å². The maximum atomic E-state index is 13.3. The highest BCUT2D eigenvalue weighted by Crippen LogP contribution is 2.18. The maximum absolute atomic E-state index is 13.3. The lowest BCUT2D eigenvalue weighted by molar-refractivity contribution is 0.245. The van der Waals surface area contributed by atoms with Crippen LogP contribution < -0.4 is 5.43 Å². The van der Waals surface area contributed by atoms with Gasteiger partial charge in [-0.05, 0) is 54.3 Å². The average molecular weight is 400 g/mol. The molecule has 0 bridgehead atoms. The number of H-pyrrole nitrogens is 1. The molecule has 0 aliphatic rings. The van der Waals surface area contributed by atoms with Crippen molar-refractivity contribution in [1.29, 1.82) is 0 Å². The summed E-state index contributed by atoms with van der Waals surface area (Å²) >= 11 is 0. The maximum Gasteiger partial charge on any atom is 0.189 e. The van der Waals surface area contributed by atoms with Crippen LogP contribution in [0.5, 0.6) is 0 Å². The van der Waals surface area contributed by atoms with E-state index in [1.54, 1.807) is 6.07 Å². The third-order valence-corrected chi connectivity index (χ3v) is 5.30. The van der Waals surface area contributed by atoms with Crippen LogP contribution in [0.25, 0.3) is 10.9 Å². The summed E-state index contributed by atoms with van der Waals surface area (Å²) in [6.07, 6.45) is 0. The van der Waals surface area contributed by atoms with Gasteiger partial charge in [0.2, 0.25) is 0 Å². The van der Waals surface area contributed by atoms with E-state index in [9.17, 15) is 9.18 Å². The fourth-order valence-electron chi connectivity index (χ4n) is 3.94. The van der Waals surface area contributed by atoms with E-state index in [2.05, 4.69) is 28.1 Å². The molecule has 1 N–H and O–H groups in total. The first kappa shape index (κ1) is 20.0. The number of nitrogens with zero attached hydrogens (tertiary/aromatic N) is 1. The molecule has 3 aromatic carbocycles. The quantitative estimate of drug-likeness (QED) is 0.465. The van der Waals surface area contributed by atoms with Crippen molar-refractivity contribution < 1.29 is 4.39 Å². The number of halogens is 1. The molecule has 0 saturated carbocycles. The second kappa shape index (κ2) is 8.64. The molecule has 0 amide bonds. The monoisotopic (exact) mass is 400 g/mol. The smallest absolute Gasteiger partial charge is 0.189 e. The van der Waals surface area contributed by atoms with Crippen molar-refractivity contribution in [3.8, 4) is 0 Å². The third kappa shape index (κ3) is 4.66. The molecule has 4 aromatic rings. The number of benzene rings is 3. The number of rotatable bonds is 6. The molecule has 0 aliphatic heterocycles. The molecule has 4 rings (SSSR count). The minimum atomic E-state index is -0.238. The fraction of sp³-hybridized carbons (Fsp3) is 0.192. The summed E-state index contributed by atoms with van der Waals surface area (Å²) in [5.41, 5.74) is 6.17. The Kier molecular flexibility index (Phi) is 5.77. The second-order valence-electron chi connectivity index (χ2n) is 7.92. The van der Waals surface area contributed by atoms with Crippen molar-refractivity contribution in [2.45, 2.75) is 33.5 Å². The SMILES string of the molecule is Cc1cc(C)c2[nH]c(CN(Cc3ccccc3)Cc3ccc(F)cc3)cc(=O)c2c1. The molecule has 0 radical (unpaired) electrons. The van der Waals surface area contributed by atoms with Gasteiger partial charge in [0.05, 0.1) is 5.52 Å². The molecule has 30 heavy (non-hydrogen) atoms. The van der Waals surface area contributed by atoms with Crippen molar-refractivity contribution in [3.05, 3.63) is 117 Å². The van der Waals surface area contributed by atoms with E-state index in [4.69, 9.17) is 0 Å². The summed E-state index contributed by atoms with van der Waals surface area (Å²) in [6.45, 7) is 6.00.